The molecule has 2 heterocycles. The highest BCUT2D eigenvalue weighted by Crippen LogP contribution is 2.27. The zero-order chi connectivity index (χ0) is 21.0. The zero-order valence-electron chi connectivity index (χ0n) is 17.4. The SMILES string of the molecule is CON(C)C(=O)c1c(C)cccc1OCc1cccnc1-c1ccnn1C(C)C. The molecule has 0 radical (unpaired) electrons. The van der Waals surface area contributed by atoms with E-state index in [0.717, 1.165) is 22.5 Å². The van der Waals surface area contributed by atoms with Gasteiger partial charge in [0.05, 0.1) is 24.1 Å². The fourth-order valence-electron chi connectivity index (χ4n) is 3.13. The van der Waals surface area contributed by atoms with Crippen LogP contribution >= 0.6 is 0 Å². The lowest BCUT2D eigenvalue weighted by Gasteiger charge is -2.19. The highest BCUT2D eigenvalue weighted by atomic mass is 16.7. The summed E-state index contributed by atoms with van der Waals surface area (Å²) in [5.41, 5.74) is 3.96. The Kier molecular flexibility index (Phi) is 6.29. The van der Waals surface area contributed by atoms with Gasteiger partial charge in [0, 0.05) is 31.0 Å². The Hall–Kier alpha value is -3.19. The van der Waals surface area contributed by atoms with Gasteiger partial charge < -0.3 is 4.74 Å². The molecule has 1 aromatic carbocycles. The zero-order valence-corrected chi connectivity index (χ0v) is 17.4. The Balaban J connectivity index is 1.92. The first-order valence-corrected chi connectivity index (χ1v) is 9.46. The lowest BCUT2D eigenvalue weighted by Crippen LogP contribution is -2.26. The number of nitrogens with zero attached hydrogens (tertiary/aromatic N) is 4. The molecule has 0 fully saturated rings. The summed E-state index contributed by atoms with van der Waals surface area (Å²) in [6, 6.07) is 11.5. The molecule has 1 amide bonds. The summed E-state index contributed by atoms with van der Waals surface area (Å²) >= 11 is 0. The van der Waals surface area contributed by atoms with Crippen molar-refractivity contribution in [3.8, 4) is 17.1 Å². The Morgan fingerprint density at radius 2 is 1.97 bits per heavy atom. The van der Waals surface area contributed by atoms with Gasteiger partial charge in [-0.05, 0) is 44.5 Å². The van der Waals surface area contributed by atoms with Crippen LogP contribution in [-0.4, -0.2) is 39.9 Å². The van der Waals surface area contributed by atoms with Crippen molar-refractivity contribution in [2.75, 3.05) is 14.2 Å². The van der Waals surface area contributed by atoms with Crippen LogP contribution in [0.3, 0.4) is 0 Å². The van der Waals surface area contributed by atoms with Gasteiger partial charge in [-0.15, -0.1) is 0 Å². The van der Waals surface area contributed by atoms with Gasteiger partial charge in [-0.1, -0.05) is 18.2 Å². The molecule has 3 rings (SSSR count). The summed E-state index contributed by atoms with van der Waals surface area (Å²) < 4.78 is 8.02. The molecule has 0 saturated carbocycles. The predicted octanol–water partition coefficient (Wildman–Crippen LogP) is 4.05. The number of hydrogen-bond acceptors (Lipinski definition) is 5. The van der Waals surface area contributed by atoms with E-state index >= 15 is 0 Å². The summed E-state index contributed by atoms with van der Waals surface area (Å²) in [4.78, 5) is 22.3. The Labute approximate surface area is 170 Å². The maximum atomic E-state index is 12.7. The fraction of sp³-hybridized carbons (Fsp3) is 0.318. The maximum absolute atomic E-state index is 12.7. The Morgan fingerprint density at radius 3 is 2.69 bits per heavy atom. The molecule has 3 aromatic rings. The van der Waals surface area contributed by atoms with E-state index in [1.54, 1.807) is 25.5 Å². The van der Waals surface area contributed by atoms with E-state index in [9.17, 15) is 4.79 Å². The molecule has 7 nitrogen and oxygen atoms in total. The smallest absolute Gasteiger partial charge is 0.281 e. The molecule has 0 bridgehead atoms. The molecule has 0 saturated heterocycles. The van der Waals surface area contributed by atoms with Gasteiger partial charge in [-0.2, -0.15) is 5.10 Å². The number of pyridine rings is 1. The second-order valence-corrected chi connectivity index (χ2v) is 6.99. The molecule has 7 heteroatoms. The third kappa shape index (κ3) is 4.30. The minimum absolute atomic E-state index is 0.210. The largest absolute Gasteiger partial charge is 0.488 e. The Bertz CT molecular complexity index is 997. The van der Waals surface area contributed by atoms with Crippen molar-refractivity contribution in [1.82, 2.24) is 19.8 Å². The lowest BCUT2D eigenvalue weighted by molar-refractivity contribution is -0.0759. The van der Waals surface area contributed by atoms with Crippen LogP contribution in [0, 0.1) is 6.92 Å². The molecule has 2 aromatic heterocycles. The van der Waals surface area contributed by atoms with Gasteiger partial charge in [0.1, 0.15) is 12.4 Å². The molecule has 0 spiro atoms. The number of benzene rings is 1. The summed E-state index contributed by atoms with van der Waals surface area (Å²) in [6.45, 7) is 6.30. The molecule has 152 valence electrons. The van der Waals surface area contributed by atoms with Gasteiger partial charge in [0.25, 0.3) is 5.91 Å². The van der Waals surface area contributed by atoms with Crippen LogP contribution < -0.4 is 4.74 Å². The predicted molar refractivity (Wildman–Crippen MR) is 110 cm³/mol. The van der Waals surface area contributed by atoms with E-state index in [1.165, 1.54) is 12.2 Å². The average molecular weight is 394 g/mol. The normalized spacial score (nSPS) is 11.0. The molecule has 0 N–H and O–H groups in total. The fourth-order valence-corrected chi connectivity index (χ4v) is 3.13. The van der Waals surface area contributed by atoms with Crippen molar-refractivity contribution in [2.24, 2.45) is 0 Å². The van der Waals surface area contributed by atoms with Crippen LogP contribution in [0.25, 0.3) is 11.4 Å². The van der Waals surface area contributed by atoms with Crippen LogP contribution in [0.1, 0.15) is 41.4 Å². The van der Waals surface area contributed by atoms with Crippen LogP contribution in [0.5, 0.6) is 5.75 Å². The molecule has 0 aliphatic heterocycles. The number of carbonyl (C=O) groups excluding carboxylic acids is 1. The highest BCUT2D eigenvalue weighted by molar-refractivity contribution is 5.97. The number of hydrogen-bond donors (Lipinski definition) is 0. The van der Waals surface area contributed by atoms with Crippen molar-refractivity contribution < 1.29 is 14.4 Å². The third-order valence-corrected chi connectivity index (χ3v) is 4.68. The van der Waals surface area contributed by atoms with Gasteiger partial charge in [-0.3, -0.25) is 19.3 Å². The van der Waals surface area contributed by atoms with E-state index < -0.39 is 0 Å². The average Bonchev–Trinajstić information content (AvgIpc) is 3.21. The van der Waals surface area contributed by atoms with E-state index in [0.29, 0.717) is 11.3 Å². The topological polar surface area (TPSA) is 69.5 Å². The first-order chi connectivity index (χ1) is 13.9. The van der Waals surface area contributed by atoms with Gasteiger partial charge in [-0.25, -0.2) is 5.06 Å². The van der Waals surface area contributed by atoms with Crippen LogP contribution in [0.2, 0.25) is 0 Å². The molecule has 0 aliphatic carbocycles. The minimum atomic E-state index is -0.259. The number of ether oxygens (including phenoxy) is 1. The summed E-state index contributed by atoms with van der Waals surface area (Å²) in [5.74, 6) is 0.246. The monoisotopic (exact) mass is 394 g/mol. The number of amides is 1. The number of aryl methyl sites for hydroxylation is 1. The van der Waals surface area contributed by atoms with Gasteiger partial charge in [0.15, 0.2) is 0 Å². The van der Waals surface area contributed by atoms with Gasteiger partial charge in [0.2, 0.25) is 0 Å². The van der Waals surface area contributed by atoms with Crippen molar-refractivity contribution in [1.29, 1.82) is 0 Å². The first-order valence-electron chi connectivity index (χ1n) is 9.46. The summed E-state index contributed by atoms with van der Waals surface area (Å²) in [6.07, 6.45) is 3.53. The summed E-state index contributed by atoms with van der Waals surface area (Å²) in [5, 5.41) is 5.59. The van der Waals surface area contributed by atoms with Crippen molar-refractivity contribution in [3.63, 3.8) is 0 Å². The maximum Gasteiger partial charge on any atom is 0.281 e. The highest BCUT2D eigenvalue weighted by Gasteiger charge is 2.20. The number of carbonyl (C=O) groups is 1. The molecular weight excluding hydrogens is 368 g/mol. The number of aromatic nitrogens is 3. The van der Waals surface area contributed by atoms with E-state index in [2.05, 4.69) is 23.9 Å². The molecule has 0 unspecified atom stereocenters. The van der Waals surface area contributed by atoms with Crippen LogP contribution in [0.15, 0.2) is 48.8 Å². The minimum Gasteiger partial charge on any atom is -0.488 e. The van der Waals surface area contributed by atoms with Crippen molar-refractivity contribution >= 4 is 5.91 Å². The molecule has 0 atom stereocenters. The lowest BCUT2D eigenvalue weighted by atomic mass is 10.1. The van der Waals surface area contributed by atoms with E-state index in [-0.39, 0.29) is 18.6 Å². The van der Waals surface area contributed by atoms with Gasteiger partial charge >= 0.3 is 0 Å². The van der Waals surface area contributed by atoms with E-state index in [1.807, 2.05) is 41.9 Å². The second-order valence-electron chi connectivity index (χ2n) is 6.99. The molecule has 0 aliphatic rings. The Morgan fingerprint density at radius 1 is 1.17 bits per heavy atom. The van der Waals surface area contributed by atoms with Crippen LogP contribution in [-0.2, 0) is 11.4 Å². The standard InChI is InChI=1S/C22H26N4O3/c1-15(2)26-18(11-13-24-26)21-17(9-7-12-23-21)14-29-19-10-6-8-16(3)20(19)22(27)25(4)28-5/h6-13,15H,14H2,1-5H3. The number of rotatable bonds is 7. The van der Waals surface area contributed by atoms with Crippen molar-refractivity contribution in [2.45, 2.75) is 33.4 Å². The van der Waals surface area contributed by atoms with Crippen molar-refractivity contribution in [3.05, 3.63) is 65.5 Å². The molecular formula is C22H26N4O3. The third-order valence-electron chi connectivity index (χ3n) is 4.68. The quantitative estimate of drug-likeness (QED) is 0.566. The van der Waals surface area contributed by atoms with Crippen LogP contribution in [0.4, 0.5) is 0 Å². The number of hydroxylamine groups is 2. The summed E-state index contributed by atoms with van der Waals surface area (Å²) in [7, 11) is 3.03. The first kappa shape index (κ1) is 20.5. The second kappa shape index (κ2) is 8.87. The van der Waals surface area contributed by atoms with E-state index in [4.69, 9.17) is 9.57 Å². The molecule has 29 heavy (non-hydrogen) atoms.